The minimum absolute atomic E-state index is 0.629. The Balaban J connectivity index is 0.974. The predicted molar refractivity (Wildman–Crippen MR) is 251 cm³/mol. The number of anilines is 3. The minimum atomic E-state index is 0.629. The van der Waals surface area contributed by atoms with Crippen LogP contribution in [0.1, 0.15) is 0 Å². The van der Waals surface area contributed by atoms with Gasteiger partial charge in [0.25, 0.3) is 0 Å². The van der Waals surface area contributed by atoms with Crippen molar-refractivity contribution in [1.82, 2.24) is 4.98 Å². The van der Waals surface area contributed by atoms with Gasteiger partial charge in [0.05, 0.1) is 0 Å². The molecule has 0 radical (unpaired) electrons. The van der Waals surface area contributed by atoms with Gasteiger partial charge < -0.3 is 13.7 Å². The number of para-hydroxylation sites is 1. The number of fused-ring (bicyclic) bond motifs is 8. The third kappa shape index (κ3) is 5.70. The van der Waals surface area contributed by atoms with Crippen LogP contribution in [0.5, 0.6) is 0 Å². The first-order chi connectivity index (χ1) is 29.7. The third-order valence-electron chi connectivity index (χ3n) is 11.5. The summed E-state index contributed by atoms with van der Waals surface area (Å²) < 4.78 is 15.2. The summed E-state index contributed by atoms with van der Waals surface area (Å²) in [5.41, 5.74) is 14.5. The number of hydrogen-bond acceptors (Lipinski definition) is 5. The molecule has 9 aromatic carbocycles. The maximum atomic E-state index is 6.57. The molecule has 0 unspecified atom stereocenters. The molecule has 4 nitrogen and oxygen atoms in total. The zero-order valence-corrected chi connectivity index (χ0v) is 33.1. The lowest BCUT2D eigenvalue weighted by Crippen LogP contribution is -2.09. The van der Waals surface area contributed by atoms with E-state index in [4.69, 9.17) is 13.8 Å². The van der Waals surface area contributed by atoms with Crippen molar-refractivity contribution in [2.75, 3.05) is 4.90 Å². The van der Waals surface area contributed by atoms with Crippen molar-refractivity contribution < 1.29 is 8.83 Å². The molecule has 0 N–H and O–H groups in total. The Bertz CT molecular complexity index is 3510. The van der Waals surface area contributed by atoms with Crippen molar-refractivity contribution in [3.63, 3.8) is 0 Å². The molecule has 0 saturated heterocycles. The molecule has 0 fully saturated rings. The maximum Gasteiger partial charge on any atom is 0.227 e. The molecule has 3 heterocycles. The molecular formula is C55H34N2O2S. The van der Waals surface area contributed by atoms with E-state index < -0.39 is 0 Å². The van der Waals surface area contributed by atoms with Gasteiger partial charge in [-0.25, -0.2) is 4.98 Å². The van der Waals surface area contributed by atoms with Crippen LogP contribution >= 0.6 is 11.3 Å². The van der Waals surface area contributed by atoms with Gasteiger partial charge in [0.15, 0.2) is 5.58 Å². The van der Waals surface area contributed by atoms with Gasteiger partial charge in [-0.05, 0) is 101 Å². The number of aromatic nitrogens is 1. The molecule has 0 bridgehead atoms. The number of hydrogen-bond donors (Lipinski definition) is 0. The fourth-order valence-corrected chi connectivity index (χ4v) is 9.90. The fraction of sp³-hybridized carbons (Fsp3) is 0. The van der Waals surface area contributed by atoms with Gasteiger partial charge in [0.2, 0.25) is 5.89 Å². The van der Waals surface area contributed by atoms with Gasteiger partial charge >= 0.3 is 0 Å². The van der Waals surface area contributed by atoms with E-state index in [1.807, 2.05) is 42.5 Å². The Morgan fingerprint density at radius 1 is 0.400 bits per heavy atom. The van der Waals surface area contributed by atoms with Gasteiger partial charge in [-0.2, -0.15) is 0 Å². The fourth-order valence-electron chi connectivity index (χ4n) is 8.67. The molecule has 12 aromatic rings. The maximum absolute atomic E-state index is 6.57. The second-order valence-corrected chi connectivity index (χ2v) is 16.1. The molecule has 60 heavy (non-hydrogen) atoms. The highest BCUT2D eigenvalue weighted by Gasteiger charge is 2.21. The molecule has 0 amide bonds. The Kier molecular flexibility index (Phi) is 8.00. The van der Waals surface area contributed by atoms with E-state index in [0.717, 1.165) is 83.3 Å². The molecule has 0 aliphatic carbocycles. The van der Waals surface area contributed by atoms with Crippen LogP contribution in [0.25, 0.3) is 98.0 Å². The minimum Gasteiger partial charge on any atom is -0.456 e. The monoisotopic (exact) mass is 786 g/mol. The van der Waals surface area contributed by atoms with Crippen molar-refractivity contribution in [2.24, 2.45) is 0 Å². The smallest absolute Gasteiger partial charge is 0.227 e. The van der Waals surface area contributed by atoms with Gasteiger partial charge in [-0.3, -0.25) is 0 Å². The number of furan rings is 1. The quantitative estimate of drug-likeness (QED) is 0.161. The highest BCUT2D eigenvalue weighted by Crippen LogP contribution is 2.46. The van der Waals surface area contributed by atoms with Crippen LogP contribution in [-0.2, 0) is 0 Å². The second-order valence-electron chi connectivity index (χ2n) is 15.1. The summed E-state index contributed by atoms with van der Waals surface area (Å²) in [7, 11) is 0. The number of oxazole rings is 1. The molecule has 0 atom stereocenters. The summed E-state index contributed by atoms with van der Waals surface area (Å²) in [4.78, 5) is 7.37. The lowest BCUT2D eigenvalue weighted by Gasteiger charge is -2.26. The van der Waals surface area contributed by atoms with Crippen molar-refractivity contribution in [3.05, 3.63) is 206 Å². The predicted octanol–water partition coefficient (Wildman–Crippen LogP) is 16.2. The van der Waals surface area contributed by atoms with E-state index in [1.165, 1.54) is 25.9 Å². The summed E-state index contributed by atoms with van der Waals surface area (Å²) in [5, 5.41) is 4.56. The van der Waals surface area contributed by atoms with E-state index in [-0.39, 0.29) is 0 Å². The summed E-state index contributed by atoms with van der Waals surface area (Å²) >= 11 is 1.80. The summed E-state index contributed by atoms with van der Waals surface area (Å²) in [5.74, 6) is 0.629. The number of nitrogens with zero attached hydrogens (tertiary/aromatic N) is 2. The van der Waals surface area contributed by atoms with Crippen molar-refractivity contribution in [2.45, 2.75) is 0 Å². The lowest BCUT2D eigenvalue weighted by molar-refractivity contribution is 0.623. The zero-order valence-electron chi connectivity index (χ0n) is 32.2. The highest BCUT2D eigenvalue weighted by atomic mass is 32.1. The Morgan fingerprint density at radius 2 is 0.950 bits per heavy atom. The van der Waals surface area contributed by atoms with Gasteiger partial charge in [0, 0.05) is 59.1 Å². The van der Waals surface area contributed by atoms with Crippen LogP contribution in [-0.4, -0.2) is 4.98 Å². The van der Waals surface area contributed by atoms with Crippen LogP contribution in [0.2, 0.25) is 0 Å². The largest absolute Gasteiger partial charge is 0.456 e. The third-order valence-corrected chi connectivity index (χ3v) is 12.7. The Morgan fingerprint density at radius 3 is 1.65 bits per heavy atom. The van der Waals surface area contributed by atoms with Crippen molar-refractivity contribution >= 4 is 81.6 Å². The van der Waals surface area contributed by atoms with Gasteiger partial charge in [-0.15, -0.1) is 11.3 Å². The Hall–Kier alpha value is -7.73. The van der Waals surface area contributed by atoms with Gasteiger partial charge in [0.1, 0.15) is 16.7 Å². The topological polar surface area (TPSA) is 42.4 Å². The SMILES string of the molecule is c1ccc(-c2ccc(N(c3ccc(-c4cc5nc(-c6ccccc6)oc5c5c4sc4ccccc45)cc3)c3ccc(-c4cccc5oc6ccccc6c45)cc3)cc2)cc1. The number of thiophene rings is 1. The van der Waals surface area contributed by atoms with Crippen LogP contribution < -0.4 is 4.90 Å². The molecule has 5 heteroatoms. The van der Waals surface area contributed by atoms with Crippen LogP contribution in [0.4, 0.5) is 17.1 Å². The molecule has 0 aliphatic rings. The van der Waals surface area contributed by atoms with E-state index >= 15 is 0 Å². The van der Waals surface area contributed by atoms with Crippen LogP contribution in [0.15, 0.2) is 215 Å². The van der Waals surface area contributed by atoms with Gasteiger partial charge in [-0.1, -0.05) is 133 Å². The molecule has 12 rings (SSSR count). The summed E-state index contributed by atoms with van der Waals surface area (Å²) in [6.45, 7) is 0. The first-order valence-corrected chi connectivity index (χ1v) is 20.9. The average Bonchev–Trinajstić information content (AvgIpc) is 4.04. The van der Waals surface area contributed by atoms with E-state index in [2.05, 4.69) is 169 Å². The lowest BCUT2D eigenvalue weighted by atomic mass is 9.98. The van der Waals surface area contributed by atoms with Crippen LogP contribution in [0, 0.1) is 0 Å². The van der Waals surface area contributed by atoms with Crippen LogP contribution in [0.3, 0.4) is 0 Å². The molecule has 0 saturated carbocycles. The molecular weight excluding hydrogens is 753 g/mol. The normalized spacial score (nSPS) is 11.7. The van der Waals surface area contributed by atoms with Crippen molar-refractivity contribution in [3.8, 4) is 44.8 Å². The van der Waals surface area contributed by atoms with E-state index in [9.17, 15) is 0 Å². The van der Waals surface area contributed by atoms with E-state index in [0.29, 0.717) is 5.89 Å². The summed E-state index contributed by atoms with van der Waals surface area (Å²) in [6, 6.07) is 72.7. The number of rotatable bonds is 7. The number of benzene rings is 9. The standard InChI is InChI=1S/C55H34N2O2S/c1-3-12-35(13-4-1)36-22-28-40(29-23-36)57(41-30-24-37(25-31-41)43-18-11-20-49-51(43)44-16-7-9-19-48(44)58-49)42-32-26-38(27-33-42)46-34-47-53(59-55(56-47)39-14-5-2-6-15-39)52-45-17-8-10-21-50(45)60-54(46)52/h1-34H. The summed E-state index contributed by atoms with van der Waals surface area (Å²) in [6.07, 6.45) is 0. The highest BCUT2D eigenvalue weighted by molar-refractivity contribution is 7.26. The second kappa shape index (κ2) is 14.0. The Labute approximate surface area is 349 Å². The zero-order chi connectivity index (χ0) is 39.6. The molecule has 0 spiro atoms. The average molecular weight is 787 g/mol. The van der Waals surface area contributed by atoms with Crippen molar-refractivity contribution in [1.29, 1.82) is 0 Å². The molecule has 282 valence electrons. The molecule has 0 aliphatic heterocycles. The first-order valence-electron chi connectivity index (χ1n) is 20.1. The first kappa shape index (κ1) is 34.3. The van der Waals surface area contributed by atoms with E-state index in [1.54, 1.807) is 11.3 Å². The molecule has 3 aromatic heterocycles.